The zero-order valence-electron chi connectivity index (χ0n) is 27.0. The Kier molecular flexibility index (Phi) is 18.3. The topological polar surface area (TPSA) is 99.3 Å². The van der Waals surface area contributed by atoms with Crippen LogP contribution in [0.5, 0.6) is 0 Å². The molecule has 2 saturated heterocycles. The van der Waals surface area contributed by atoms with Gasteiger partial charge in [-0.2, -0.15) is 0 Å². The number of rotatable bonds is 9. The van der Waals surface area contributed by atoms with E-state index in [1.807, 2.05) is 13.8 Å². The normalized spacial score (nSPS) is 20.6. The quantitative estimate of drug-likeness (QED) is 0.245. The summed E-state index contributed by atoms with van der Waals surface area (Å²) in [6.07, 6.45) is 14.3. The average Bonchev–Trinajstić information content (AvgIpc) is 3.45. The standard InChI is InChI=1S/C23H37N3O5.C6H13N.C3H8/c1-16(2)20(25(4)21(28)14-24-15-27)13-17(3)22(29)26-12-8-11-19(26)23(30)31-18-9-6-5-7-10-18;1-7-5-3-2-4-6-7;1-3-2/h13,15-16,18-20H,5-12,14H2,1-4H3,(H,24,27);2-6H2,1H3;3H2,1-2H3/b17-13+;;. The maximum Gasteiger partial charge on any atom is 0.329 e. The van der Waals surface area contributed by atoms with E-state index in [0.717, 1.165) is 32.1 Å². The molecule has 1 aliphatic carbocycles. The monoisotopic (exact) mass is 578 g/mol. The first-order chi connectivity index (χ1) is 19.6. The van der Waals surface area contributed by atoms with Gasteiger partial charge in [-0.1, -0.05) is 53.0 Å². The Morgan fingerprint density at radius 3 is 2.05 bits per heavy atom. The summed E-state index contributed by atoms with van der Waals surface area (Å²) in [7, 11) is 3.85. The van der Waals surface area contributed by atoms with Crippen molar-refractivity contribution in [2.24, 2.45) is 5.92 Å². The molecule has 9 nitrogen and oxygen atoms in total. The number of esters is 1. The van der Waals surface area contributed by atoms with E-state index in [1.165, 1.54) is 50.1 Å². The van der Waals surface area contributed by atoms with Crippen LogP contribution in [0, 0.1) is 5.92 Å². The molecule has 2 atom stereocenters. The molecule has 0 radical (unpaired) electrons. The Balaban J connectivity index is 0.000000709. The number of ether oxygens (including phenoxy) is 1. The number of nitrogens with one attached hydrogen (secondary N) is 1. The summed E-state index contributed by atoms with van der Waals surface area (Å²) in [4.78, 5) is 54.2. The lowest BCUT2D eigenvalue weighted by molar-refractivity contribution is -0.158. The summed E-state index contributed by atoms with van der Waals surface area (Å²) in [5.41, 5.74) is 0.499. The van der Waals surface area contributed by atoms with Crippen LogP contribution in [-0.2, 0) is 23.9 Å². The Morgan fingerprint density at radius 2 is 1.54 bits per heavy atom. The highest BCUT2D eigenvalue weighted by molar-refractivity contribution is 5.96. The number of hydrogen-bond donors (Lipinski definition) is 1. The van der Waals surface area contributed by atoms with Crippen molar-refractivity contribution >= 4 is 24.2 Å². The molecular weight excluding hydrogens is 520 g/mol. The van der Waals surface area contributed by atoms with E-state index in [1.54, 1.807) is 24.9 Å². The molecule has 0 aromatic carbocycles. The summed E-state index contributed by atoms with van der Waals surface area (Å²) in [6, 6.07) is -0.841. The van der Waals surface area contributed by atoms with E-state index in [4.69, 9.17) is 4.74 Å². The van der Waals surface area contributed by atoms with Gasteiger partial charge in [0.1, 0.15) is 12.1 Å². The first-order valence-corrected chi connectivity index (χ1v) is 15.9. The number of hydrogen-bond acceptors (Lipinski definition) is 6. The second kappa shape index (κ2) is 20.5. The molecule has 236 valence electrons. The molecule has 2 heterocycles. The average molecular weight is 579 g/mol. The smallest absolute Gasteiger partial charge is 0.329 e. The lowest BCUT2D eigenvalue weighted by atomic mass is 9.98. The van der Waals surface area contributed by atoms with Crippen LogP contribution in [0.2, 0.25) is 0 Å². The molecule has 0 aromatic heterocycles. The Hall–Kier alpha value is -2.42. The van der Waals surface area contributed by atoms with Crippen molar-refractivity contribution in [3.63, 3.8) is 0 Å². The molecule has 2 unspecified atom stereocenters. The van der Waals surface area contributed by atoms with Crippen molar-refractivity contribution in [2.75, 3.05) is 40.3 Å². The van der Waals surface area contributed by atoms with Crippen LogP contribution in [0.3, 0.4) is 0 Å². The number of piperidine rings is 1. The first-order valence-electron chi connectivity index (χ1n) is 15.9. The van der Waals surface area contributed by atoms with Crippen LogP contribution in [0.4, 0.5) is 0 Å². The Bertz CT molecular complexity index is 819. The fourth-order valence-electron chi connectivity index (χ4n) is 5.46. The van der Waals surface area contributed by atoms with Gasteiger partial charge in [0.15, 0.2) is 0 Å². The molecule has 0 spiro atoms. The summed E-state index contributed by atoms with van der Waals surface area (Å²) in [5.74, 6) is -0.658. The number of carbonyl (C=O) groups excluding carboxylic acids is 4. The second-order valence-electron chi connectivity index (χ2n) is 12.0. The van der Waals surface area contributed by atoms with Gasteiger partial charge >= 0.3 is 5.97 Å². The highest BCUT2D eigenvalue weighted by Gasteiger charge is 2.37. The van der Waals surface area contributed by atoms with Gasteiger partial charge in [-0.15, -0.1) is 0 Å². The Labute approximate surface area is 249 Å². The van der Waals surface area contributed by atoms with Crippen molar-refractivity contribution in [2.45, 2.75) is 123 Å². The van der Waals surface area contributed by atoms with Gasteiger partial charge in [0.25, 0.3) is 0 Å². The molecule has 9 heteroatoms. The molecule has 0 bridgehead atoms. The number of carbonyl (C=O) groups is 4. The molecule has 3 amide bonds. The molecule has 1 N–H and O–H groups in total. The minimum Gasteiger partial charge on any atom is -0.461 e. The number of likely N-dealkylation sites (N-methyl/N-ethyl adjacent to an activating group) is 1. The predicted molar refractivity (Wildman–Crippen MR) is 164 cm³/mol. The van der Waals surface area contributed by atoms with Crippen LogP contribution < -0.4 is 5.32 Å². The molecule has 3 fully saturated rings. The summed E-state index contributed by atoms with van der Waals surface area (Å²) in [5, 5.41) is 2.38. The zero-order valence-corrected chi connectivity index (χ0v) is 27.0. The lowest BCUT2D eigenvalue weighted by Gasteiger charge is -2.31. The molecule has 3 aliphatic rings. The highest BCUT2D eigenvalue weighted by atomic mass is 16.5. The third-order valence-electron chi connectivity index (χ3n) is 7.82. The molecule has 2 aliphatic heterocycles. The largest absolute Gasteiger partial charge is 0.461 e. The maximum absolute atomic E-state index is 13.2. The maximum atomic E-state index is 13.2. The zero-order chi connectivity index (χ0) is 30.8. The minimum atomic E-state index is -0.536. The second-order valence-corrected chi connectivity index (χ2v) is 12.0. The third kappa shape index (κ3) is 13.4. The lowest BCUT2D eigenvalue weighted by Crippen LogP contribution is -2.45. The van der Waals surface area contributed by atoms with Crippen LogP contribution in [0.1, 0.15) is 105 Å². The van der Waals surface area contributed by atoms with E-state index >= 15 is 0 Å². The number of likely N-dealkylation sites (tertiary alicyclic amines) is 2. The third-order valence-corrected chi connectivity index (χ3v) is 7.82. The van der Waals surface area contributed by atoms with Crippen LogP contribution in [-0.4, -0.2) is 97.4 Å². The molecule has 3 rings (SSSR count). The Morgan fingerprint density at radius 1 is 0.951 bits per heavy atom. The molecule has 0 aromatic rings. The summed E-state index contributed by atoms with van der Waals surface area (Å²) in [6.45, 7) is 13.0. The molecule has 1 saturated carbocycles. The van der Waals surface area contributed by atoms with E-state index < -0.39 is 6.04 Å². The van der Waals surface area contributed by atoms with Crippen molar-refractivity contribution in [1.29, 1.82) is 0 Å². The van der Waals surface area contributed by atoms with E-state index in [-0.39, 0.29) is 42.4 Å². The fourth-order valence-corrected chi connectivity index (χ4v) is 5.46. The fraction of sp³-hybridized carbons (Fsp3) is 0.812. The van der Waals surface area contributed by atoms with Crippen LogP contribution >= 0.6 is 0 Å². The highest BCUT2D eigenvalue weighted by Crippen LogP contribution is 2.25. The van der Waals surface area contributed by atoms with E-state index in [2.05, 4.69) is 31.1 Å². The SMILES string of the molecule is C/C(=C\C(C(C)C)N(C)C(=O)CNC=O)C(=O)N1CCCC1C(=O)OC1CCCCC1.CCC.CN1CCCCC1. The molecular formula is C32H58N4O5. The van der Waals surface area contributed by atoms with Gasteiger partial charge < -0.3 is 24.8 Å². The molecule has 41 heavy (non-hydrogen) atoms. The van der Waals surface area contributed by atoms with Gasteiger partial charge in [-0.05, 0) is 84.3 Å². The first kappa shape index (κ1) is 36.6. The minimum absolute atomic E-state index is 0.0274. The van der Waals surface area contributed by atoms with Crippen molar-refractivity contribution in [3.8, 4) is 0 Å². The van der Waals surface area contributed by atoms with Gasteiger partial charge in [0.2, 0.25) is 18.2 Å². The van der Waals surface area contributed by atoms with Crippen LogP contribution in [0.15, 0.2) is 11.6 Å². The number of nitrogens with zero attached hydrogens (tertiary/aromatic N) is 3. The van der Waals surface area contributed by atoms with Gasteiger partial charge in [0, 0.05) is 19.2 Å². The van der Waals surface area contributed by atoms with Crippen molar-refractivity contribution in [1.82, 2.24) is 20.0 Å². The van der Waals surface area contributed by atoms with Gasteiger partial charge in [-0.3, -0.25) is 14.4 Å². The van der Waals surface area contributed by atoms with Crippen molar-refractivity contribution in [3.05, 3.63) is 11.6 Å². The van der Waals surface area contributed by atoms with Gasteiger partial charge in [-0.25, -0.2) is 4.79 Å². The van der Waals surface area contributed by atoms with E-state index in [9.17, 15) is 19.2 Å². The van der Waals surface area contributed by atoms with Gasteiger partial charge in [0.05, 0.1) is 12.6 Å². The number of amides is 3. The summed E-state index contributed by atoms with van der Waals surface area (Å²) < 4.78 is 5.72. The van der Waals surface area contributed by atoms with Crippen LogP contribution in [0.25, 0.3) is 0 Å². The van der Waals surface area contributed by atoms with E-state index in [0.29, 0.717) is 24.9 Å². The predicted octanol–water partition coefficient (Wildman–Crippen LogP) is 4.55. The summed E-state index contributed by atoms with van der Waals surface area (Å²) >= 11 is 0. The van der Waals surface area contributed by atoms with Crippen molar-refractivity contribution < 1.29 is 23.9 Å².